The summed E-state index contributed by atoms with van der Waals surface area (Å²) >= 11 is 0. The summed E-state index contributed by atoms with van der Waals surface area (Å²) in [6, 6.07) is 9.38. The topological polar surface area (TPSA) is 75.9 Å². The Morgan fingerprint density at radius 3 is 2.71 bits per heavy atom. The Kier molecular flexibility index (Phi) is 3.82. The van der Waals surface area contributed by atoms with Gasteiger partial charge in [0.25, 0.3) is 0 Å². The van der Waals surface area contributed by atoms with Gasteiger partial charge < -0.3 is 10.2 Å². The molecule has 3 heterocycles. The van der Waals surface area contributed by atoms with E-state index in [2.05, 4.69) is 25.3 Å². The maximum atomic E-state index is 12.2. The number of aromatic nitrogens is 4. The highest BCUT2D eigenvalue weighted by Gasteiger charge is 2.19. The van der Waals surface area contributed by atoms with Gasteiger partial charge in [-0.1, -0.05) is 18.2 Å². The minimum atomic E-state index is -0.132. The molecular formula is C17H18N6O. The van der Waals surface area contributed by atoms with Crippen LogP contribution >= 0.6 is 0 Å². The molecule has 24 heavy (non-hydrogen) atoms. The first kappa shape index (κ1) is 14.6. The summed E-state index contributed by atoms with van der Waals surface area (Å²) in [6.07, 6.45) is 5.65. The molecule has 1 aromatic carbocycles. The van der Waals surface area contributed by atoms with Crippen LogP contribution in [0, 0.1) is 0 Å². The molecular weight excluding hydrogens is 304 g/mol. The van der Waals surface area contributed by atoms with Crippen LogP contribution < -0.4 is 10.2 Å². The number of anilines is 2. The summed E-state index contributed by atoms with van der Waals surface area (Å²) in [4.78, 5) is 23.2. The number of rotatable bonds is 4. The first-order valence-corrected chi connectivity index (χ1v) is 8.07. The molecule has 1 saturated heterocycles. The molecule has 0 bridgehead atoms. The van der Waals surface area contributed by atoms with E-state index in [9.17, 15) is 4.79 Å². The fourth-order valence-electron chi connectivity index (χ4n) is 3.04. The maximum absolute atomic E-state index is 12.2. The summed E-state index contributed by atoms with van der Waals surface area (Å²) in [6.45, 7) is 2.13. The lowest BCUT2D eigenvalue weighted by Gasteiger charge is -2.16. The van der Waals surface area contributed by atoms with Gasteiger partial charge in [0.1, 0.15) is 18.7 Å². The average Bonchev–Trinajstić information content (AvgIpc) is 3.26. The third-order valence-corrected chi connectivity index (χ3v) is 4.17. The third kappa shape index (κ3) is 2.80. The lowest BCUT2D eigenvalue weighted by Crippen LogP contribution is -2.20. The van der Waals surface area contributed by atoms with Gasteiger partial charge in [0, 0.05) is 18.8 Å². The monoisotopic (exact) mass is 322 g/mol. The van der Waals surface area contributed by atoms with Crippen molar-refractivity contribution in [3.8, 4) is 0 Å². The van der Waals surface area contributed by atoms with Gasteiger partial charge >= 0.3 is 0 Å². The predicted molar refractivity (Wildman–Crippen MR) is 91.8 cm³/mol. The second-order valence-corrected chi connectivity index (χ2v) is 5.85. The van der Waals surface area contributed by atoms with Gasteiger partial charge in [-0.05, 0) is 25.0 Å². The first-order valence-electron chi connectivity index (χ1n) is 8.07. The lowest BCUT2D eigenvalue weighted by atomic mass is 10.3. The summed E-state index contributed by atoms with van der Waals surface area (Å²) in [5.74, 6) is 0.778. The molecule has 0 radical (unpaired) electrons. The molecule has 0 aliphatic carbocycles. The smallest absolute Gasteiger partial charge is 0.246 e. The molecule has 4 rings (SSSR count). The molecule has 7 nitrogen and oxygen atoms in total. The Morgan fingerprint density at radius 1 is 1.12 bits per heavy atom. The molecule has 3 aromatic rings. The van der Waals surface area contributed by atoms with Crippen molar-refractivity contribution in [2.24, 2.45) is 0 Å². The molecule has 1 fully saturated rings. The van der Waals surface area contributed by atoms with Gasteiger partial charge in [-0.25, -0.2) is 14.6 Å². The zero-order valence-electron chi connectivity index (χ0n) is 13.2. The fourth-order valence-corrected chi connectivity index (χ4v) is 3.04. The van der Waals surface area contributed by atoms with Crippen LogP contribution in [0.2, 0.25) is 0 Å². The number of nitrogens with one attached hydrogen (secondary N) is 1. The van der Waals surface area contributed by atoms with E-state index in [1.807, 2.05) is 30.3 Å². The van der Waals surface area contributed by atoms with Crippen LogP contribution in [0.25, 0.3) is 11.0 Å². The average molecular weight is 322 g/mol. The van der Waals surface area contributed by atoms with Crippen molar-refractivity contribution in [1.82, 2.24) is 19.7 Å². The van der Waals surface area contributed by atoms with Gasteiger partial charge in [0.15, 0.2) is 5.65 Å². The highest BCUT2D eigenvalue weighted by molar-refractivity contribution is 5.92. The van der Waals surface area contributed by atoms with Crippen molar-refractivity contribution >= 4 is 28.4 Å². The van der Waals surface area contributed by atoms with Crippen LogP contribution in [0.1, 0.15) is 12.8 Å². The van der Waals surface area contributed by atoms with Crippen molar-refractivity contribution in [3.63, 3.8) is 0 Å². The number of hydrogen-bond donors (Lipinski definition) is 1. The van der Waals surface area contributed by atoms with Crippen molar-refractivity contribution in [2.75, 3.05) is 23.3 Å². The number of fused-ring (bicyclic) bond motifs is 1. The molecule has 0 unspecified atom stereocenters. The second-order valence-electron chi connectivity index (χ2n) is 5.85. The van der Waals surface area contributed by atoms with Crippen LogP contribution in [0.4, 0.5) is 11.5 Å². The number of hydrogen-bond acceptors (Lipinski definition) is 5. The van der Waals surface area contributed by atoms with Crippen LogP contribution in [0.15, 0.2) is 42.9 Å². The van der Waals surface area contributed by atoms with Gasteiger partial charge in [-0.15, -0.1) is 0 Å². The van der Waals surface area contributed by atoms with E-state index in [1.54, 1.807) is 17.2 Å². The van der Waals surface area contributed by atoms with Crippen LogP contribution in [0.5, 0.6) is 0 Å². The van der Waals surface area contributed by atoms with Gasteiger partial charge in [0.2, 0.25) is 5.91 Å². The third-order valence-electron chi connectivity index (χ3n) is 4.17. The highest BCUT2D eigenvalue weighted by Crippen LogP contribution is 2.25. The van der Waals surface area contributed by atoms with Crippen LogP contribution in [0.3, 0.4) is 0 Å². The molecule has 1 amide bonds. The number of amides is 1. The van der Waals surface area contributed by atoms with Crippen LogP contribution in [-0.2, 0) is 11.3 Å². The Labute approximate surface area is 139 Å². The van der Waals surface area contributed by atoms with E-state index in [0.29, 0.717) is 5.65 Å². The van der Waals surface area contributed by atoms with Crippen molar-refractivity contribution in [2.45, 2.75) is 19.4 Å². The molecule has 1 aliphatic rings. The molecule has 2 aromatic heterocycles. The quantitative estimate of drug-likeness (QED) is 0.796. The van der Waals surface area contributed by atoms with Gasteiger partial charge in [-0.3, -0.25) is 4.79 Å². The van der Waals surface area contributed by atoms with E-state index in [-0.39, 0.29) is 12.5 Å². The molecule has 1 N–H and O–H groups in total. The number of benzene rings is 1. The largest absolute Gasteiger partial charge is 0.356 e. The summed E-state index contributed by atoms with van der Waals surface area (Å²) in [5.41, 5.74) is 1.46. The van der Waals surface area contributed by atoms with E-state index in [1.165, 1.54) is 12.8 Å². The van der Waals surface area contributed by atoms with E-state index in [4.69, 9.17) is 0 Å². The fraction of sp³-hybridized carbons (Fsp3) is 0.294. The van der Waals surface area contributed by atoms with Crippen molar-refractivity contribution in [3.05, 3.63) is 42.9 Å². The highest BCUT2D eigenvalue weighted by atomic mass is 16.2. The van der Waals surface area contributed by atoms with E-state index in [0.717, 1.165) is 30.0 Å². The maximum Gasteiger partial charge on any atom is 0.246 e. The van der Waals surface area contributed by atoms with Gasteiger partial charge in [-0.2, -0.15) is 5.10 Å². The Balaban J connectivity index is 1.56. The normalized spacial score (nSPS) is 14.2. The Bertz CT molecular complexity index is 854. The predicted octanol–water partition coefficient (Wildman–Crippen LogP) is 2.07. The standard InChI is InChI=1S/C17H18N6O/c24-15(21-13-6-2-1-3-7-13)11-23-17-14(10-20-23)16(18-12-19-17)22-8-4-5-9-22/h1-3,6-7,10,12H,4-5,8-9,11H2,(H,21,24). The minimum absolute atomic E-state index is 0.120. The molecule has 0 atom stereocenters. The molecule has 0 saturated carbocycles. The first-order chi connectivity index (χ1) is 11.8. The van der Waals surface area contributed by atoms with E-state index >= 15 is 0 Å². The number of nitrogens with zero attached hydrogens (tertiary/aromatic N) is 5. The molecule has 1 aliphatic heterocycles. The molecule has 0 spiro atoms. The number of carbonyl (C=O) groups is 1. The Hall–Kier alpha value is -2.96. The molecule has 7 heteroatoms. The zero-order chi connectivity index (χ0) is 16.4. The Morgan fingerprint density at radius 2 is 1.92 bits per heavy atom. The second kappa shape index (κ2) is 6.27. The summed E-state index contributed by atoms with van der Waals surface area (Å²) < 4.78 is 1.62. The lowest BCUT2D eigenvalue weighted by molar-refractivity contribution is -0.116. The van der Waals surface area contributed by atoms with Crippen LogP contribution in [-0.4, -0.2) is 38.7 Å². The SMILES string of the molecule is O=C(Cn1ncc2c(N3CCCC3)ncnc21)Nc1ccccc1. The van der Waals surface area contributed by atoms with Gasteiger partial charge in [0.05, 0.1) is 11.6 Å². The number of para-hydroxylation sites is 1. The molecule has 122 valence electrons. The summed E-state index contributed by atoms with van der Waals surface area (Å²) in [7, 11) is 0. The van der Waals surface area contributed by atoms with E-state index < -0.39 is 0 Å². The summed E-state index contributed by atoms with van der Waals surface area (Å²) in [5, 5.41) is 8.09. The number of carbonyl (C=O) groups excluding carboxylic acids is 1. The zero-order valence-corrected chi connectivity index (χ0v) is 13.2. The van der Waals surface area contributed by atoms with Crippen molar-refractivity contribution in [1.29, 1.82) is 0 Å². The minimum Gasteiger partial charge on any atom is -0.356 e. The van der Waals surface area contributed by atoms with Crippen molar-refractivity contribution < 1.29 is 4.79 Å².